The van der Waals surface area contributed by atoms with Crippen LogP contribution in [-0.2, 0) is 6.54 Å². The van der Waals surface area contributed by atoms with Gasteiger partial charge in [0.05, 0.1) is 5.52 Å². The quantitative estimate of drug-likeness (QED) is 0.708. The highest BCUT2D eigenvalue weighted by molar-refractivity contribution is 5.82. The number of nitrogens with zero attached hydrogens (tertiary/aromatic N) is 4. The van der Waals surface area contributed by atoms with Gasteiger partial charge < -0.3 is 4.52 Å². The highest BCUT2D eigenvalue weighted by atomic mass is 16.5. The van der Waals surface area contributed by atoms with Crippen LogP contribution in [0.15, 0.2) is 34.9 Å². The molecule has 1 saturated heterocycles. The maximum absolute atomic E-state index is 5.48. The molecule has 26 heavy (non-hydrogen) atoms. The second-order valence-electron chi connectivity index (χ2n) is 7.78. The van der Waals surface area contributed by atoms with Crippen LogP contribution in [0, 0.1) is 6.92 Å². The van der Waals surface area contributed by atoms with Crippen LogP contribution in [-0.4, -0.2) is 33.1 Å². The van der Waals surface area contributed by atoms with Crippen molar-refractivity contribution in [2.45, 2.75) is 51.0 Å². The minimum Gasteiger partial charge on any atom is -0.339 e. The summed E-state index contributed by atoms with van der Waals surface area (Å²) in [6.07, 6.45) is 4.73. The van der Waals surface area contributed by atoms with E-state index in [9.17, 15) is 0 Å². The molecule has 1 aromatic carbocycles. The highest BCUT2D eigenvalue weighted by Gasteiger charge is 2.32. The number of hydrogen-bond acceptors (Lipinski definition) is 5. The fourth-order valence-electron chi connectivity index (χ4n) is 4.09. The molecule has 5 rings (SSSR count). The van der Waals surface area contributed by atoms with Gasteiger partial charge >= 0.3 is 0 Å². The zero-order chi connectivity index (χ0) is 17.5. The fraction of sp³-hybridized carbons (Fsp3) is 0.476. The van der Waals surface area contributed by atoms with Crippen molar-refractivity contribution < 1.29 is 4.52 Å². The number of hydrogen-bond donors (Lipinski definition) is 0. The molecule has 1 aliphatic heterocycles. The lowest BCUT2D eigenvalue weighted by atomic mass is 9.96. The molecule has 3 heterocycles. The Balaban J connectivity index is 1.35. The van der Waals surface area contributed by atoms with E-state index in [0.717, 1.165) is 49.0 Å². The summed E-state index contributed by atoms with van der Waals surface area (Å²) in [5.74, 6) is 2.68. The van der Waals surface area contributed by atoms with E-state index in [1.807, 2.05) is 0 Å². The van der Waals surface area contributed by atoms with Gasteiger partial charge in [0.25, 0.3) is 0 Å². The number of benzene rings is 1. The number of likely N-dealkylation sites (tertiary alicyclic amines) is 1. The van der Waals surface area contributed by atoms with Crippen molar-refractivity contribution >= 4 is 10.9 Å². The first-order chi connectivity index (χ1) is 12.8. The summed E-state index contributed by atoms with van der Waals surface area (Å²) in [4.78, 5) is 11.9. The highest BCUT2D eigenvalue weighted by Crippen LogP contribution is 2.39. The normalized spacial score (nSPS) is 21.3. The van der Waals surface area contributed by atoms with Crippen LogP contribution in [0.5, 0.6) is 0 Å². The van der Waals surface area contributed by atoms with Crippen LogP contribution in [0.3, 0.4) is 0 Å². The van der Waals surface area contributed by atoms with Gasteiger partial charge in [0.1, 0.15) is 0 Å². The lowest BCUT2D eigenvalue weighted by Gasteiger charge is -2.31. The van der Waals surface area contributed by atoms with Crippen molar-refractivity contribution in [2.75, 3.05) is 13.1 Å². The molecule has 1 aliphatic carbocycles. The summed E-state index contributed by atoms with van der Waals surface area (Å²) >= 11 is 0. The Morgan fingerprint density at radius 3 is 2.88 bits per heavy atom. The maximum atomic E-state index is 5.48. The Labute approximate surface area is 153 Å². The Kier molecular flexibility index (Phi) is 3.97. The largest absolute Gasteiger partial charge is 0.339 e. The molecule has 2 fully saturated rings. The fourth-order valence-corrected chi connectivity index (χ4v) is 4.09. The predicted molar refractivity (Wildman–Crippen MR) is 100 cm³/mol. The van der Waals surface area contributed by atoms with E-state index in [-0.39, 0.29) is 0 Å². The molecule has 0 spiro atoms. The molecule has 0 bridgehead atoms. The first kappa shape index (κ1) is 15.9. The van der Waals surface area contributed by atoms with Crippen molar-refractivity contribution in [1.29, 1.82) is 0 Å². The zero-order valence-electron chi connectivity index (χ0n) is 15.2. The first-order valence-corrected chi connectivity index (χ1v) is 9.67. The average molecular weight is 348 g/mol. The molecular formula is C21H24N4O. The summed E-state index contributed by atoms with van der Waals surface area (Å²) in [5.41, 5.74) is 3.53. The first-order valence-electron chi connectivity index (χ1n) is 9.67. The maximum Gasteiger partial charge on any atom is 0.229 e. The average Bonchev–Trinajstić information content (AvgIpc) is 3.39. The van der Waals surface area contributed by atoms with Crippen molar-refractivity contribution in [3.05, 3.63) is 53.3 Å². The smallest absolute Gasteiger partial charge is 0.229 e. The van der Waals surface area contributed by atoms with Crippen LogP contribution in [0.2, 0.25) is 0 Å². The summed E-state index contributed by atoms with van der Waals surface area (Å²) in [7, 11) is 0. The third-order valence-corrected chi connectivity index (χ3v) is 5.58. The van der Waals surface area contributed by atoms with Gasteiger partial charge in [-0.3, -0.25) is 9.88 Å². The second-order valence-corrected chi connectivity index (χ2v) is 7.78. The third-order valence-electron chi connectivity index (χ3n) is 5.58. The molecule has 5 heteroatoms. The molecule has 5 nitrogen and oxygen atoms in total. The molecule has 1 atom stereocenters. The number of rotatable bonds is 4. The molecule has 0 radical (unpaired) electrons. The van der Waals surface area contributed by atoms with Gasteiger partial charge in [0, 0.05) is 36.0 Å². The summed E-state index contributed by atoms with van der Waals surface area (Å²) in [5, 5.41) is 5.54. The van der Waals surface area contributed by atoms with Crippen molar-refractivity contribution in [3.8, 4) is 0 Å². The van der Waals surface area contributed by atoms with Gasteiger partial charge in [0.15, 0.2) is 5.82 Å². The van der Waals surface area contributed by atoms with Crippen molar-refractivity contribution in [1.82, 2.24) is 20.0 Å². The van der Waals surface area contributed by atoms with E-state index in [1.165, 1.54) is 30.2 Å². The standard InChI is InChI=1S/C21H24N4O/c1-14-11-17(18-6-2-3-7-19(18)22-14)13-25-10-4-5-16(12-25)20-23-21(26-24-20)15-8-9-15/h2-3,6-7,11,15-16H,4-5,8-10,12-13H2,1H3. The Bertz CT molecular complexity index is 931. The molecule has 1 saturated carbocycles. The van der Waals surface area contributed by atoms with E-state index >= 15 is 0 Å². The summed E-state index contributed by atoms with van der Waals surface area (Å²) in [6, 6.07) is 10.7. The van der Waals surface area contributed by atoms with E-state index in [1.54, 1.807) is 0 Å². The van der Waals surface area contributed by atoms with Crippen LogP contribution in [0.1, 0.15) is 60.5 Å². The molecule has 2 aromatic heterocycles. The minimum absolute atomic E-state index is 0.384. The van der Waals surface area contributed by atoms with Crippen molar-refractivity contribution in [3.63, 3.8) is 0 Å². The Morgan fingerprint density at radius 2 is 2.00 bits per heavy atom. The lowest BCUT2D eigenvalue weighted by Crippen LogP contribution is -2.34. The van der Waals surface area contributed by atoms with E-state index in [0.29, 0.717) is 11.8 Å². The van der Waals surface area contributed by atoms with Gasteiger partial charge in [-0.25, -0.2) is 0 Å². The number of pyridine rings is 1. The monoisotopic (exact) mass is 348 g/mol. The SMILES string of the molecule is Cc1cc(CN2CCCC(c3noc(C4CC4)n3)C2)c2ccccc2n1. The van der Waals surface area contributed by atoms with Crippen LogP contribution in [0.25, 0.3) is 10.9 Å². The van der Waals surface area contributed by atoms with Crippen molar-refractivity contribution in [2.24, 2.45) is 0 Å². The Hall–Kier alpha value is -2.27. The van der Waals surface area contributed by atoms with E-state index in [4.69, 9.17) is 4.52 Å². The summed E-state index contributed by atoms with van der Waals surface area (Å²) < 4.78 is 5.48. The van der Waals surface area contributed by atoms with Gasteiger partial charge in [-0.2, -0.15) is 4.98 Å². The van der Waals surface area contributed by atoms with E-state index in [2.05, 4.69) is 57.3 Å². The molecule has 0 N–H and O–H groups in total. The molecule has 134 valence electrons. The number of fused-ring (bicyclic) bond motifs is 1. The molecule has 3 aromatic rings. The van der Waals surface area contributed by atoms with Gasteiger partial charge in [-0.1, -0.05) is 23.4 Å². The van der Waals surface area contributed by atoms with Crippen LogP contribution < -0.4 is 0 Å². The second kappa shape index (κ2) is 6.47. The molecular weight excluding hydrogens is 324 g/mol. The molecule has 0 amide bonds. The zero-order valence-corrected chi connectivity index (χ0v) is 15.2. The van der Waals surface area contributed by atoms with Gasteiger partial charge in [-0.05, 0) is 56.8 Å². The predicted octanol–water partition coefficient (Wildman–Crippen LogP) is 4.18. The number of piperidine rings is 1. The Morgan fingerprint density at radius 1 is 1.12 bits per heavy atom. The number of aromatic nitrogens is 3. The summed E-state index contributed by atoms with van der Waals surface area (Å²) in [6.45, 7) is 5.15. The number of para-hydroxylation sites is 1. The topological polar surface area (TPSA) is 55.1 Å². The van der Waals surface area contributed by atoms with Crippen LogP contribution in [0.4, 0.5) is 0 Å². The van der Waals surface area contributed by atoms with Gasteiger partial charge in [0.2, 0.25) is 5.89 Å². The number of aryl methyl sites for hydroxylation is 1. The van der Waals surface area contributed by atoms with Crippen LogP contribution >= 0.6 is 0 Å². The van der Waals surface area contributed by atoms with Gasteiger partial charge in [-0.15, -0.1) is 0 Å². The lowest BCUT2D eigenvalue weighted by molar-refractivity contribution is 0.195. The minimum atomic E-state index is 0.384. The van der Waals surface area contributed by atoms with E-state index < -0.39 is 0 Å². The molecule has 1 unspecified atom stereocenters. The third kappa shape index (κ3) is 3.12. The molecule has 2 aliphatic rings.